The van der Waals surface area contributed by atoms with E-state index in [0.29, 0.717) is 49.5 Å². The van der Waals surface area contributed by atoms with Crippen LogP contribution in [-0.4, -0.2) is 63.0 Å². The second kappa shape index (κ2) is 11.0. The van der Waals surface area contributed by atoms with E-state index in [4.69, 9.17) is 22.1 Å². The number of thioether (sulfide) groups is 1. The largest absolute Gasteiger partial charge is 0.481 e. The van der Waals surface area contributed by atoms with Crippen LogP contribution < -0.4 is 10.5 Å². The van der Waals surface area contributed by atoms with Gasteiger partial charge >= 0.3 is 11.9 Å². The summed E-state index contributed by atoms with van der Waals surface area (Å²) in [6, 6.07) is 1.96. The number of piperidine rings is 1. The number of carboxylic acid groups (broad SMARTS) is 1. The van der Waals surface area contributed by atoms with Crippen molar-refractivity contribution in [2.75, 3.05) is 31.1 Å². The summed E-state index contributed by atoms with van der Waals surface area (Å²) in [4.78, 5) is 52.5. The van der Waals surface area contributed by atoms with Gasteiger partial charge in [-0.05, 0) is 38.3 Å². The Balaban J connectivity index is 2.02. The van der Waals surface area contributed by atoms with Crippen molar-refractivity contribution >= 4 is 58.0 Å². The van der Waals surface area contributed by atoms with Crippen LogP contribution in [0, 0.1) is 24.2 Å². The SMILES string of the molecule is CCOC(=O)C1CCN(c2c(C=C3SC(=S)N(CCC(=O)O)C3=O)c(C)c(C#N)c(=O)n2C)CC1. The Morgan fingerprint density at radius 3 is 2.54 bits per heavy atom. The molecule has 0 aromatic carbocycles. The lowest BCUT2D eigenvalue weighted by molar-refractivity contribution is -0.148. The second-order valence-corrected chi connectivity index (χ2v) is 9.88. The zero-order chi connectivity index (χ0) is 25.9. The van der Waals surface area contributed by atoms with E-state index in [2.05, 4.69) is 0 Å². The van der Waals surface area contributed by atoms with Gasteiger partial charge in [0.2, 0.25) is 0 Å². The zero-order valence-electron chi connectivity index (χ0n) is 19.7. The number of carboxylic acids is 1. The molecule has 12 heteroatoms. The Labute approximate surface area is 212 Å². The Morgan fingerprint density at radius 2 is 1.97 bits per heavy atom. The molecule has 1 aromatic rings. The number of esters is 1. The lowest BCUT2D eigenvalue weighted by atomic mass is 9.95. The standard InChI is InChI=1S/C23H26N4O6S2/c1-4-33-22(32)14-5-8-26(9-6-14)19-15(13(2)16(12-24)20(30)25(19)3)11-17-21(31)27(23(34)35-17)10-7-18(28)29/h11,14H,4-10H2,1-3H3,(H,28,29). The van der Waals surface area contributed by atoms with E-state index in [1.807, 2.05) is 11.0 Å². The predicted molar refractivity (Wildman–Crippen MR) is 135 cm³/mol. The summed E-state index contributed by atoms with van der Waals surface area (Å²) in [5.41, 5.74) is 0.509. The zero-order valence-corrected chi connectivity index (χ0v) is 21.3. The number of rotatable bonds is 7. The molecule has 3 rings (SSSR count). The number of hydrogen-bond acceptors (Lipinski definition) is 9. The van der Waals surface area contributed by atoms with Crippen molar-refractivity contribution in [3.63, 3.8) is 0 Å². The van der Waals surface area contributed by atoms with Gasteiger partial charge in [0.15, 0.2) is 0 Å². The third-order valence-corrected chi connectivity index (χ3v) is 7.46. The monoisotopic (exact) mass is 518 g/mol. The van der Waals surface area contributed by atoms with Gasteiger partial charge in [0.05, 0.1) is 23.9 Å². The highest BCUT2D eigenvalue weighted by Crippen LogP contribution is 2.36. The van der Waals surface area contributed by atoms with Crippen LogP contribution in [0.25, 0.3) is 6.08 Å². The Bertz CT molecular complexity index is 1210. The molecule has 0 unspecified atom stereocenters. The van der Waals surface area contributed by atoms with Crippen LogP contribution in [0.3, 0.4) is 0 Å². The maximum Gasteiger partial charge on any atom is 0.309 e. The molecule has 0 saturated carbocycles. The van der Waals surface area contributed by atoms with Crippen LogP contribution in [0.2, 0.25) is 0 Å². The minimum absolute atomic E-state index is 0.0229. The molecular weight excluding hydrogens is 492 g/mol. The van der Waals surface area contributed by atoms with E-state index in [0.717, 1.165) is 11.8 Å². The summed E-state index contributed by atoms with van der Waals surface area (Å²) < 4.78 is 6.79. The van der Waals surface area contributed by atoms with E-state index in [9.17, 15) is 24.4 Å². The van der Waals surface area contributed by atoms with Gasteiger partial charge in [-0.2, -0.15) is 5.26 Å². The maximum atomic E-state index is 13.0. The summed E-state index contributed by atoms with van der Waals surface area (Å²) in [5.74, 6) is -1.37. The normalized spacial score (nSPS) is 17.7. The number of aliphatic carboxylic acids is 1. The van der Waals surface area contributed by atoms with Crippen molar-refractivity contribution in [2.45, 2.75) is 33.1 Å². The van der Waals surface area contributed by atoms with Gasteiger partial charge in [0.25, 0.3) is 11.5 Å². The molecule has 0 radical (unpaired) electrons. The topological polar surface area (TPSA) is 133 Å². The minimum atomic E-state index is -1.04. The van der Waals surface area contributed by atoms with Crippen LogP contribution in [0.15, 0.2) is 9.70 Å². The van der Waals surface area contributed by atoms with Crippen LogP contribution in [0.4, 0.5) is 5.82 Å². The highest BCUT2D eigenvalue weighted by atomic mass is 32.2. The van der Waals surface area contributed by atoms with Gasteiger partial charge in [-0.1, -0.05) is 24.0 Å². The number of aromatic nitrogens is 1. The Kier molecular flexibility index (Phi) is 8.34. The molecule has 1 aromatic heterocycles. The van der Waals surface area contributed by atoms with Crippen molar-refractivity contribution in [3.8, 4) is 6.07 Å². The number of anilines is 1. The molecule has 1 amide bonds. The molecule has 35 heavy (non-hydrogen) atoms. The summed E-state index contributed by atoms with van der Waals surface area (Å²) in [6.45, 7) is 4.67. The van der Waals surface area contributed by atoms with Crippen LogP contribution in [-0.2, 0) is 26.2 Å². The first-order valence-corrected chi connectivity index (χ1v) is 12.4. The lowest BCUT2D eigenvalue weighted by Gasteiger charge is -2.35. The molecule has 1 N–H and O–H groups in total. The molecular formula is C23H26N4O6S2. The van der Waals surface area contributed by atoms with Gasteiger partial charge in [0, 0.05) is 32.2 Å². The van der Waals surface area contributed by atoms with E-state index < -0.39 is 17.4 Å². The summed E-state index contributed by atoms with van der Waals surface area (Å²) in [7, 11) is 1.57. The average molecular weight is 519 g/mol. The Morgan fingerprint density at radius 1 is 1.31 bits per heavy atom. The minimum Gasteiger partial charge on any atom is -0.481 e. The number of amides is 1. The fraction of sp³-hybridized carbons (Fsp3) is 0.478. The van der Waals surface area contributed by atoms with E-state index in [1.165, 1.54) is 9.47 Å². The molecule has 10 nitrogen and oxygen atoms in total. The summed E-state index contributed by atoms with van der Waals surface area (Å²) >= 11 is 6.33. The second-order valence-electron chi connectivity index (χ2n) is 8.20. The number of nitriles is 1. The number of hydrogen-bond donors (Lipinski definition) is 1. The molecule has 3 heterocycles. The number of thiocarbonyl (C=S) groups is 1. The number of pyridine rings is 1. The molecule has 2 saturated heterocycles. The number of nitrogens with zero attached hydrogens (tertiary/aromatic N) is 4. The van der Waals surface area contributed by atoms with E-state index in [1.54, 1.807) is 27.0 Å². The molecule has 186 valence electrons. The van der Waals surface area contributed by atoms with Crippen molar-refractivity contribution < 1.29 is 24.2 Å². The number of carbonyl (C=O) groups is 3. The highest BCUT2D eigenvalue weighted by molar-refractivity contribution is 8.26. The van der Waals surface area contributed by atoms with Gasteiger partial charge < -0.3 is 14.7 Å². The number of ether oxygens (including phenoxy) is 1. The third kappa shape index (κ3) is 5.41. The molecule has 0 aliphatic carbocycles. The molecule has 2 aliphatic heterocycles. The molecule has 2 aliphatic rings. The summed E-state index contributed by atoms with van der Waals surface area (Å²) in [6.07, 6.45) is 2.46. The molecule has 2 fully saturated rings. The fourth-order valence-electron chi connectivity index (χ4n) is 4.21. The van der Waals surface area contributed by atoms with Crippen LogP contribution in [0.5, 0.6) is 0 Å². The molecule has 0 atom stereocenters. The van der Waals surface area contributed by atoms with Crippen molar-refractivity contribution in [1.29, 1.82) is 5.26 Å². The fourth-order valence-corrected chi connectivity index (χ4v) is 5.50. The molecule has 0 spiro atoms. The number of carbonyl (C=O) groups excluding carboxylic acids is 2. The van der Waals surface area contributed by atoms with Crippen LogP contribution >= 0.6 is 24.0 Å². The van der Waals surface area contributed by atoms with Crippen molar-refractivity contribution in [3.05, 3.63) is 31.9 Å². The Hall–Kier alpha value is -3.17. The van der Waals surface area contributed by atoms with E-state index >= 15 is 0 Å². The van der Waals surface area contributed by atoms with Gasteiger partial charge in [0.1, 0.15) is 21.8 Å². The quantitative estimate of drug-likeness (QED) is 0.325. The first kappa shape index (κ1) is 26.4. The lowest BCUT2D eigenvalue weighted by Crippen LogP contribution is -2.40. The van der Waals surface area contributed by atoms with Crippen molar-refractivity contribution in [1.82, 2.24) is 9.47 Å². The molecule has 0 bridgehead atoms. The van der Waals surface area contributed by atoms with Crippen LogP contribution in [0.1, 0.15) is 42.9 Å². The maximum absolute atomic E-state index is 13.0. The van der Waals surface area contributed by atoms with Gasteiger partial charge in [-0.3, -0.25) is 28.6 Å². The predicted octanol–water partition coefficient (Wildman–Crippen LogP) is 2.02. The van der Waals surface area contributed by atoms with Crippen molar-refractivity contribution in [2.24, 2.45) is 13.0 Å². The smallest absolute Gasteiger partial charge is 0.309 e. The first-order chi connectivity index (χ1) is 16.6. The average Bonchev–Trinajstić information content (AvgIpc) is 3.09. The first-order valence-electron chi connectivity index (χ1n) is 11.1. The van der Waals surface area contributed by atoms with Gasteiger partial charge in [-0.25, -0.2) is 0 Å². The van der Waals surface area contributed by atoms with Gasteiger partial charge in [-0.15, -0.1) is 0 Å². The highest BCUT2D eigenvalue weighted by Gasteiger charge is 2.34. The summed E-state index contributed by atoms with van der Waals surface area (Å²) in [5, 5.41) is 18.6. The van der Waals surface area contributed by atoms with E-state index in [-0.39, 0.29) is 39.6 Å². The third-order valence-electron chi connectivity index (χ3n) is 6.08.